The van der Waals surface area contributed by atoms with Gasteiger partial charge in [-0.05, 0) is 35.6 Å². The number of halogens is 2. The highest BCUT2D eigenvalue weighted by Gasteiger charge is 2.45. The predicted molar refractivity (Wildman–Crippen MR) is 87.0 cm³/mol. The fourth-order valence-electron chi connectivity index (χ4n) is 2.62. The minimum Gasteiger partial charge on any atom is -0.336 e. The molecule has 3 rings (SSSR count). The van der Waals surface area contributed by atoms with Crippen LogP contribution in [0.3, 0.4) is 0 Å². The van der Waals surface area contributed by atoms with Crippen LogP contribution < -0.4 is 5.32 Å². The van der Waals surface area contributed by atoms with Gasteiger partial charge in [0.2, 0.25) is 5.91 Å². The zero-order valence-corrected chi connectivity index (χ0v) is 13.8. The first kappa shape index (κ1) is 15.9. The maximum atomic E-state index is 12.3. The molecule has 0 aliphatic heterocycles. The number of hydrogen-bond acceptors (Lipinski definition) is 3. The Bertz CT molecular complexity index is 796. The lowest BCUT2D eigenvalue weighted by Gasteiger charge is -2.12. The van der Waals surface area contributed by atoms with Crippen LogP contribution in [0.25, 0.3) is 0 Å². The molecule has 118 valence electrons. The molecule has 0 spiro atoms. The van der Waals surface area contributed by atoms with Gasteiger partial charge in [0.15, 0.2) is 0 Å². The van der Waals surface area contributed by atoms with Gasteiger partial charge in [0, 0.05) is 19.2 Å². The third kappa shape index (κ3) is 3.34. The topological polar surface area (TPSA) is 70.7 Å². The Labute approximate surface area is 143 Å². The van der Waals surface area contributed by atoms with Gasteiger partial charge in [0.25, 0.3) is 0 Å². The molecule has 1 heterocycles. The van der Waals surface area contributed by atoms with Crippen LogP contribution in [-0.2, 0) is 11.8 Å². The maximum Gasteiger partial charge on any atom is 0.225 e. The normalized spacial score (nSPS) is 20.6. The Kier molecular flexibility index (Phi) is 4.29. The average molecular weight is 349 g/mol. The van der Waals surface area contributed by atoms with E-state index in [1.54, 1.807) is 29.1 Å². The summed E-state index contributed by atoms with van der Waals surface area (Å²) in [6.45, 7) is 0. The van der Waals surface area contributed by atoms with Gasteiger partial charge in [-0.2, -0.15) is 10.4 Å². The molecule has 3 atom stereocenters. The van der Waals surface area contributed by atoms with E-state index in [-0.39, 0.29) is 17.7 Å². The third-order valence-corrected chi connectivity index (χ3v) is 4.71. The number of amides is 1. The molecule has 0 unspecified atom stereocenters. The number of nitriles is 1. The summed E-state index contributed by atoms with van der Waals surface area (Å²) in [6.07, 6.45) is 4.47. The quantitative estimate of drug-likeness (QED) is 0.921. The summed E-state index contributed by atoms with van der Waals surface area (Å²) in [6, 6.07) is 6.25. The largest absolute Gasteiger partial charge is 0.336 e. The molecule has 1 aliphatic rings. The Hall–Kier alpha value is -2.03. The molecule has 0 saturated heterocycles. The summed E-state index contributed by atoms with van der Waals surface area (Å²) >= 11 is 11.8. The molecule has 1 aliphatic carbocycles. The fourth-order valence-corrected chi connectivity index (χ4v) is 2.92. The van der Waals surface area contributed by atoms with Crippen LogP contribution in [0.15, 0.2) is 30.6 Å². The van der Waals surface area contributed by atoms with Crippen LogP contribution in [0, 0.1) is 17.2 Å². The van der Waals surface area contributed by atoms with Crippen molar-refractivity contribution in [1.29, 1.82) is 5.26 Å². The maximum absolute atomic E-state index is 12.3. The van der Waals surface area contributed by atoms with Crippen molar-refractivity contribution in [2.24, 2.45) is 13.0 Å². The number of rotatable bonds is 4. The number of carbonyl (C=O) groups excluding carboxylic acids is 1. The van der Waals surface area contributed by atoms with E-state index in [0.29, 0.717) is 15.6 Å². The highest BCUT2D eigenvalue weighted by Crippen LogP contribution is 2.47. The van der Waals surface area contributed by atoms with Crippen LogP contribution >= 0.6 is 23.2 Å². The van der Waals surface area contributed by atoms with Gasteiger partial charge >= 0.3 is 0 Å². The summed E-state index contributed by atoms with van der Waals surface area (Å²) in [4.78, 5) is 12.3. The molecule has 23 heavy (non-hydrogen) atoms. The molecule has 1 N–H and O–H groups in total. The van der Waals surface area contributed by atoms with E-state index < -0.39 is 6.04 Å². The van der Waals surface area contributed by atoms with Crippen molar-refractivity contribution in [1.82, 2.24) is 15.1 Å². The van der Waals surface area contributed by atoms with Gasteiger partial charge in [-0.1, -0.05) is 29.3 Å². The van der Waals surface area contributed by atoms with Gasteiger partial charge in [-0.15, -0.1) is 0 Å². The Morgan fingerprint density at radius 3 is 2.87 bits per heavy atom. The number of aryl methyl sites for hydroxylation is 1. The highest BCUT2D eigenvalue weighted by molar-refractivity contribution is 6.42. The minimum absolute atomic E-state index is 0.113. The molecule has 1 amide bonds. The zero-order chi connectivity index (χ0) is 16.6. The van der Waals surface area contributed by atoms with Gasteiger partial charge in [0.1, 0.15) is 6.04 Å². The van der Waals surface area contributed by atoms with Crippen LogP contribution in [0.2, 0.25) is 10.0 Å². The third-order valence-electron chi connectivity index (χ3n) is 3.97. The van der Waals surface area contributed by atoms with Crippen molar-refractivity contribution in [2.45, 2.75) is 18.4 Å². The highest BCUT2D eigenvalue weighted by atomic mass is 35.5. The molecule has 0 bridgehead atoms. The molecule has 1 saturated carbocycles. The van der Waals surface area contributed by atoms with Gasteiger partial charge in [-0.25, -0.2) is 0 Å². The van der Waals surface area contributed by atoms with E-state index in [1.807, 2.05) is 13.2 Å². The second-order valence-corrected chi connectivity index (χ2v) is 6.45. The number of carbonyl (C=O) groups is 1. The van der Waals surface area contributed by atoms with Crippen LogP contribution in [0.1, 0.15) is 29.5 Å². The number of hydrogen-bond donors (Lipinski definition) is 1. The van der Waals surface area contributed by atoms with Crippen LogP contribution in [-0.4, -0.2) is 15.7 Å². The van der Waals surface area contributed by atoms with Crippen molar-refractivity contribution < 1.29 is 4.79 Å². The standard InChI is InChI=1S/C16H14Cl2N4O/c1-22-8-10(7-20-22)11-5-12(11)16(23)21-15(6-19)9-2-3-13(17)14(18)4-9/h2-4,7-8,11-12,15H,5H2,1H3,(H,21,23)/t11-,12-,15-/m0/s1. The van der Waals surface area contributed by atoms with Crippen LogP contribution in [0.4, 0.5) is 0 Å². The van der Waals surface area contributed by atoms with E-state index >= 15 is 0 Å². The smallest absolute Gasteiger partial charge is 0.225 e. The molecule has 1 aromatic carbocycles. The fraction of sp³-hybridized carbons (Fsp3) is 0.312. The van der Waals surface area contributed by atoms with E-state index in [4.69, 9.17) is 23.2 Å². The first-order chi connectivity index (χ1) is 11.0. The van der Waals surface area contributed by atoms with Gasteiger partial charge in [0.05, 0.1) is 22.3 Å². The average Bonchev–Trinajstić information content (AvgIpc) is 3.22. The molecule has 0 radical (unpaired) electrons. The first-order valence-corrected chi connectivity index (χ1v) is 7.88. The minimum atomic E-state index is -0.743. The lowest BCUT2D eigenvalue weighted by atomic mass is 10.1. The lowest BCUT2D eigenvalue weighted by molar-refractivity contribution is -0.122. The van der Waals surface area contributed by atoms with Gasteiger partial charge < -0.3 is 5.32 Å². The number of nitrogens with zero attached hydrogens (tertiary/aromatic N) is 3. The number of aromatic nitrogens is 2. The molecular formula is C16H14Cl2N4O. The van der Waals surface area contributed by atoms with E-state index in [1.165, 1.54) is 0 Å². The van der Waals surface area contributed by atoms with Crippen molar-refractivity contribution >= 4 is 29.1 Å². The number of nitrogens with one attached hydrogen (secondary N) is 1. The molecular weight excluding hydrogens is 335 g/mol. The Morgan fingerprint density at radius 1 is 1.48 bits per heavy atom. The summed E-state index contributed by atoms with van der Waals surface area (Å²) in [5.41, 5.74) is 1.67. The van der Waals surface area contributed by atoms with Crippen molar-refractivity contribution in [2.75, 3.05) is 0 Å². The lowest BCUT2D eigenvalue weighted by Crippen LogP contribution is -2.29. The number of benzene rings is 1. The van der Waals surface area contributed by atoms with Crippen molar-refractivity contribution in [3.63, 3.8) is 0 Å². The second-order valence-electron chi connectivity index (χ2n) is 5.64. The molecule has 7 heteroatoms. The molecule has 1 fully saturated rings. The molecule has 1 aromatic heterocycles. The SMILES string of the molecule is Cn1cc([C@@H]2C[C@@H]2C(=O)N[C@@H](C#N)c2ccc(Cl)c(Cl)c2)cn1. The van der Waals surface area contributed by atoms with Crippen LogP contribution in [0.5, 0.6) is 0 Å². The Balaban J connectivity index is 1.67. The summed E-state index contributed by atoms with van der Waals surface area (Å²) in [5, 5.41) is 17.0. The monoisotopic (exact) mass is 348 g/mol. The Morgan fingerprint density at radius 2 is 2.26 bits per heavy atom. The summed E-state index contributed by atoms with van der Waals surface area (Å²) in [7, 11) is 1.84. The zero-order valence-electron chi connectivity index (χ0n) is 12.3. The van der Waals surface area contributed by atoms with E-state index in [2.05, 4.69) is 16.5 Å². The predicted octanol–water partition coefficient (Wildman–Crippen LogP) is 3.21. The molecule has 5 nitrogen and oxygen atoms in total. The van der Waals surface area contributed by atoms with E-state index in [0.717, 1.165) is 12.0 Å². The summed E-state index contributed by atoms with van der Waals surface area (Å²) < 4.78 is 1.72. The molecule has 2 aromatic rings. The van der Waals surface area contributed by atoms with Crippen molar-refractivity contribution in [3.05, 3.63) is 51.8 Å². The summed E-state index contributed by atoms with van der Waals surface area (Å²) in [5.74, 6) is -0.0638. The first-order valence-electron chi connectivity index (χ1n) is 7.13. The van der Waals surface area contributed by atoms with Crippen molar-refractivity contribution in [3.8, 4) is 6.07 Å². The second kappa shape index (κ2) is 6.23. The van der Waals surface area contributed by atoms with Gasteiger partial charge in [-0.3, -0.25) is 9.48 Å². The van der Waals surface area contributed by atoms with E-state index in [9.17, 15) is 10.1 Å².